The first-order valence-electron chi connectivity index (χ1n) is 12.1. The number of ether oxygens (including phenoxy) is 4. The molecule has 2 saturated heterocycles. The monoisotopic (exact) mass is 485 g/mol. The number of hydrogen-bond acceptors (Lipinski definition) is 6. The fourth-order valence-electron chi connectivity index (χ4n) is 4.26. The lowest BCUT2D eigenvalue weighted by Crippen LogP contribution is -2.68. The number of hydrogen-bond donors (Lipinski definition) is 1. The Morgan fingerprint density at radius 2 is 1.62 bits per heavy atom. The lowest BCUT2D eigenvalue weighted by Gasteiger charge is -2.52. The van der Waals surface area contributed by atoms with E-state index in [0.717, 1.165) is 5.56 Å². The summed E-state index contributed by atoms with van der Waals surface area (Å²) >= 11 is 0. The Labute approximate surface area is 205 Å². The maximum absolute atomic E-state index is 7.07. The molecule has 4 rings (SSSR count). The number of methoxy groups -OCH3 is 1. The minimum Gasteiger partial charge on any atom is -0.409 e. The van der Waals surface area contributed by atoms with E-state index in [-0.39, 0.29) is 29.4 Å². The van der Waals surface area contributed by atoms with Gasteiger partial charge in [0.05, 0.1) is 18.8 Å². The molecule has 0 aromatic heterocycles. The molecule has 0 bridgehead atoms. The summed E-state index contributed by atoms with van der Waals surface area (Å²) in [5, 5.41) is 3.73. The van der Waals surface area contributed by atoms with Gasteiger partial charge in [0, 0.05) is 19.2 Å². The number of rotatable bonds is 7. The zero-order valence-corrected chi connectivity index (χ0v) is 22.2. The standard InChI is InChI=1S/C27H39NO5Si/c1-27(2,3)34(5,6)33-24-22(28-17-19-13-9-7-10-14-19)26(29-4)31-21-18-30-25(32-23(21)24)20-15-11-8-12-16-20/h7-16,21-26,28H,17-18H2,1-6H3/t21-,22-,23-,24-,25?,26+/m1/s1. The third-order valence-electron chi connectivity index (χ3n) is 7.26. The topological polar surface area (TPSA) is 58.2 Å². The van der Waals surface area contributed by atoms with Crippen molar-refractivity contribution in [2.24, 2.45) is 0 Å². The molecule has 2 heterocycles. The van der Waals surface area contributed by atoms with Crippen molar-refractivity contribution in [1.82, 2.24) is 5.32 Å². The summed E-state index contributed by atoms with van der Waals surface area (Å²) in [5.74, 6) is 0. The Morgan fingerprint density at radius 1 is 0.971 bits per heavy atom. The number of fused-ring (bicyclic) bond motifs is 1. The molecule has 0 amide bonds. The zero-order chi connectivity index (χ0) is 24.3. The summed E-state index contributed by atoms with van der Waals surface area (Å²) < 4.78 is 31.9. The molecule has 2 aliphatic heterocycles. The van der Waals surface area contributed by atoms with Crippen molar-refractivity contribution in [1.29, 1.82) is 0 Å². The van der Waals surface area contributed by atoms with Gasteiger partial charge in [0.1, 0.15) is 12.2 Å². The fourth-order valence-corrected chi connectivity index (χ4v) is 5.57. The van der Waals surface area contributed by atoms with Crippen LogP contribution in [-0.2, 0) is 29.9 Å². The van der Waals surface area contributed by atoms with Gasteiger partial charge in [-0.25, -0.2) is 0 Å². The van der Waals surface area contributed by atoms with Gasteiger partial charge in [-0.05, 0) is 23.7 Å². The Kier molecular flexibility index (Phi) is 7.94. The minimum absolute atomic E-state index is 0.0529. The maximum atomic E-state index is 7.07. The summed E-state index contributed by atoms with van der Waals surface area (Å²) in [4.78, 5) is 0. The van der Waals surface area contributed by atoms with Crippen LogP contribution in [0.15, 0.2) is 60.7 Å². The zero-order valence-electron chi connectivity index (χ0n) is 21.2. The van der Waals surface area contributed by atoms with Crippen LogP contribution in [-0.4, -0.2) is 52.7 Å². The molecule has 0 radical (unpaired) electrons. The Balaban J connectivity index is 1.63. The average molecular weight is 486 g/mol. The quantitative estimate of drug-likeness (QED) is 0.556. The third kappa shape index (κ3) is 5.62. The molecule has 6 nitrogen and oxygen atoms in total. The van der Waals surface area contributed by atoms with Gasteiger partial charge >= 0.3 is 0 Å². The normalized spacial score (nSPS) is 30.1. The first kappa shape index (κ1) is 25.5. The van der Waals surface area contributed by atoms with Crippen molar-refractivity contribution in [2.45, 2.75) is 82.4 Å². The predicted octanol–water partition coefficient (Wildman–Crippen LogP) is 5.02. The van der Waals surface area contributed by atoms with Gasteiger partial charge < -0.3 is 28.7 Å². The van der Waals surface area contributed by atoms with Crippen molar-refractivity contribution in [2.75, 3.05) is 13.7 Å². The molecule has 186 valence electrons. The highest BCUT2D eigenvalue weighted by atomic mass is 28.4. The van der Waals surface area contributed by atoms with E-state index in [0.29, 0.717) is 13.2 Å². The van der Waals surface area contributed by atoms with Gasteiger partial charge in [0.25, 0.3) is 0 Å². The first-order chi connectivity index (χ1) is 16.2. The van der Waals surface area contributed by atoms with E-state index in [2.05, 4.69) is 51.3 Å². The molecule has 2 aromatic carbocycles. The van der Waals surface area contributed by atoms with Crippen molar-refractivity contribution >= 4 is 8.32 Å². The van der Waals surface area contributed by atoms with Gasteiger partial charge in [-0.2, -0.15) is 0 Å². The van der Waals surface area contributed by atoms with E-state index in [1.54, 1.807) is 7.11 Å². The van der Waals surface area contributed by atoms with Crippen LogP contribution in [0.2, 0.25) is 18.1 Å². The van der Waals surface area contributed by atoms with Gasteiger partial charge in [0.15, 0.2) is 20.9 Å². The van der Waals surface area contributed by atoms with Crippen LogP contribution < -0.4 is 5.32 Å². The minimum atomic E-state index is -2.13. The summed E-state index contributed by atoms with van der Waals surface area (Å²) in [6.45, 7) is 12.4. The average Bonchev–Trinajstić information content (AvgIpc) is 2.83. The van der Waals surface area contributed by atoms with Crippen LogP contribution >= 0.6 is 0 Å². The molecule has 1 N–H and O–H groups in total. The van der Waals surface area contributed by atoms with E-state index >= 15 is 0 Å². The van der Waals surface area contributed by atoms with Crippen LogP contribution in [0.4, 0.5) is 0 Å². The lowest BCUT2D eigenvalue weighted by atomic mass is 9.95. The molecular weight excluding hydrogens is 446 g/mol. The molecule has 2 aromatic rings. The highest BCUT2D eigenvalue weighted by Crippen LogP contribution is 2.42. The van der Waals surface area contributed by atoms with Gasteiger partial charge in [-0.15, -0.1) is 0 Å². The highest BCUT2D eigenvalue weighted by Gasteiger charge is 2.53. The maximum Gasteiger partial charge on any atom is 0.192 e. The van der Waals surface area contributed by atoms with Gasteiger partial charge in [0.2, 0.25) is 0 Å². The summed E-state index contributed by atoms with van der Waals surface area (Å²) in [6.07, 6.45) is -1.73. The van der Waals surface area contributed by atoms with Gasteiger partial charge in [-0.1, -0.05) is 81.4 Å². The van der Waals surface area contributed by atoms with Crippen molar-refractivity contribution in [3.8, 4) is 0 Å². The molecule has 2 aliphatic rings. The van der Waals surface area contributed by atoms with E-state index in [1.807, 2.05) is 48.5 Å². The van der Waals surface area contributed by atoms with Crippen molar-refractivity contribution in [3.05, 3.63) is 71.8 Å². The van der Waals surface area contributed by atoms with Gasteiger partial charge in [-0.3, -0.25) is 0 Å². The lowest BCUT2D eigenvalue weighted by molar-refractivity contribution is -0.340. The molecule has 0 spiro atoms. The van der Waals surface area contributed by atoms with Crippen LogP contribution in [0.25, 0.3) is 0 Å². The molecule has 1 unspecified atom stereocenters. The third-order valence-corrected chi connectivity index (χ3v) is 11.7. The largest absolute Gasteiger partial charge is 0.409 e. The van der Waals surface area contributed by atoms with Crippen molar-refractivity contribution < 1.29 is 23.4 Å². The summed E-state index contributed by atoms with van der Waals surface area (Å²) in [6, 6.07) is 20.2. The predicted molar refractivity (Wildman–Crippen MR) is 135 cm³/mol. The second kappa shape index (κ2) is 10.6. The van der Waals surface area contributed by atoms with E-state index < -0.39 is 20.9 Å². The molecule has 34 heavy (non-hydrogen) atoms. The number of benzene rings is 2. The second-order valence-electron chi connectivity index (χ2n) is 10.7. The van der Waals surface area contributed by atoms with E-state index in [1.165, 1.54) is 5.56 Å². The van der Waals surface area contributed by atoms with Crippen LogP contribution in [0.1, 0.15) is 38.2 Å². The Morgan fingerprint density at radius 3 is 2.24 bits per heavy atom. The van der Waals surface area contributed by atoms with Crippen LogP contribution in [0, 0.1) is 0 Å². The van der Waals surface area contributed by atoms with Crippen LogP contribution in [0.5, 0.6) is 0 Å². The molecular formula is C27H39NO5Si. The molecule has 7 heteroatoms. The molecule has 6 atom stereocenters. The van der Waals surface area contributed by atoms with Crippen LogP contribution in [0.3, 0.4) is 0 Å². The Bertz CT molecular complexity index is 898. The molecule has 0 aliphatic carbocycles. The molecule has 2 fully saturated rings. The molecule has 0 saturated carbocycles. The number of nitrogens with one attached hydrogen (secondary N) is 1. The van der Waals surface area contributed by atoms with Crippen molar-refractivity contribution in [3.63, 3.8) is 0 Å². The fraction of sp³-hybridized carbons (Fsp3) is 0.556. The van der Waals surface area contributed by atoms with E-state index in [4.69, 9.17) is 23.4 Å². The SMILES string of the molecule is CO[C@H]1O[C@@H]2COC(c3ccccc3)O[C@H]2[C@H](O[Si](C)(C)C(C)(C)C)[C@H]1NCc1ccccc1. The summed E-state index contributed by atoms with van der Waals surface area (Å²) in [5.41, 5.74) is 2.19. The first-order valence-corrected chi connectivity index (χ1v) is 15.1. The van der Waals surface area contributed by atoms with E-state index in [9.17, 15) is 0 Å². The second-order valence-corrected chi connectivity index (χ2v) is 15.4. The smallest absolute Gasteiger partial charge is 0.192 e. The highest BCUT2D eigenvalue weighted by molar-refractivity contribution is 6.74. The Hall–Kier alpha value is -1.58. The summed E-state index contributed by atoms with van der Waals surface area (Å²) in [7, 11) is -0.451.